The number of hydrogen-bond acceptors (Lipinski definition) is 9. The van der Waals surface area contributed by atoms with Gasteiger partial charge in [0, 0.05) is 59.8 Å². The van der Waals surface area contributed by atoms with Crippen molar-refractivity contribution in [3.8, 4) is 0 Å². The van der Waals surface area contributed by atoms with E-state index in [0.717, 1.165) is 86.7 Å². The summed E-state index contributed by atoms with van der Waals surface area (Å²) >= 11 is 2.72. The van der Waals surface area contributed by atoms with Crippen LogP contribution in [0.15, 0.2) is 52.7 Å². The summed E-state index contributed by atoms with van der Waals surface area (Å²) in [7, 11) is -3.66. The standard InChI is InChI=1S/C27H31N5O4S3/c33-32(34)22-9-10-24-20(17-22)18-26(37-24)39(35,36)29-21-7-5-19(6-8-21)11-12-30-13-15-31(16-14-30)27-23-3-1-2-4-25(23)38-28-27/h1-4,9-10,17-19,21,29H,5-8,11-16H2. The highest BCUT2D eigenvalue weighted by Crippen LogP contribution is 2.34. The van der Waals surface area contributed by atoms with Gasteiger partial charge >= 0.3 is 0 Å². The lowest BCUT2D eigenvalue weighted by Gasteiger charge is -2.36. The predicted molar refractivity (Wildman–Crippen MR) is 157 cm³/mol. The molecule has 0 unspecified atom stereocenters. The number of nitro benzene ring substituents is 1. The van der Waals surface area contributed by atoms with Crippen molar-refractivity contribution < 1.29 is 13.3 Å². The van der Waals surface area contributed by atoms with E-state index >= 15 is 0 Å². The second-order valence-corrected chi connectivity index (χ2v) is 14.3. The zero-order chi connectivity index (χ0) is 27.0. The third-order valence-electron chi connectivity index (χ3n) is 8.01. The first-order valence-corrected chi connectivity index (χ1v) is 16.4. The first kappa shape index (κ1) is 26.6. The highest BCUT2D eigenvalue weighted by Gasteiger charge is 2.28. The van der Waals surface area contributed by atoms with Crippen molar-refractivity contribution in [2.45, 2.75) is 42.4 Å². The molecule has 206 valence electrons. The van der Waals surface area contributed by atoms with E-state index in [1.807, 2.05) is 0 Å². The van der Waals surface area contributed by atoms with E-state index in [-0.39, 0.29) is 15.9 Å². The molecule has 0 bridgehead atoms. The Labute approximate surface area is 235 Å². The maximum atomic E-state index is 13.0. The first-order chi connectivity index (χ1) is 18.9. The first-order valence-electron chi connectivity index (χ1n) is 13.4. The zero-order valence-electron chi connectivity index (χ0n) is 21.5. The number of aromatic nitrogens is 1. The minimum atomic E-state index is -3.66. The SMILES string of the molecule is O=[N+]([O-])c1ccc2sc(S(=O)(=O)NC3CCC(CCN4CCN(c5nsc6ccccc56)CC4)CC3)cc2c1. The van der Waals surface area contributed by atoms with Crippen LogP contribution in [0.25, 0.3) is 20.2 Å². The molecule has 0 atom stereocenters. The monoisotopic (exact) mass is 585 g/mol. The Morgan fingerprint density at radius 2 is 1.77 bits per heavy atom. The average Bonchev–Trinajstić information content (AvgIpc) is 3.58. The van der Waals surface area contributed by atoms with Crippen molar-refractivity contribution in [1.29, 1.82) is 0 Å². The van der Waals surface area contributed by atoms with Gasteiger partial charge in [0.05, 0.1) is 9.62 Å². The summed E-state index contributed by atoms with van der Waals surface area (Å²) in [5.41, 5.74) is -0.0366. The second-order valence-electron chi connectivity index (χ2n) is 10.5. The van der Waals surface area contributed by atoms with Gasteiger partial charge in [-0.2, -0.15) is 4.37 Å². The van der Waals surface area contributed by atoms with Crippen LogP contribution in [0.4, 0.5) is 11.5 Å². The quantitative estimate of drug-likeness (QED) is 0.216. The lowest BCUT2D eigenvalue weighted by Crippen LogP contribution is -2.47. The zero-order valence-corrected chi connectivity index (χ0v) is 23.9. The fourth-order valence-electron chi connectivity index (χ4n) is 5.75. The van der Waals surface area contributed by atoms with Gasteiger partial charge in [-0.25, -0.2) is 13.1 Å². The highest BCUT2D eigenvalue weighted by molar-refractivity contribution is 7.91. The highest BCUT2D eigenvalue weighted by atomic mass is 32.2. The fraction of sp³-hybridized carbons (Fsp3) is 0.444. The van der Waals surface area contributed by atoms with Gasteiger partial charge in [0.1, 0.15) is 10.0 Å². The van der Waals surface area contributed by atoms with Crippen molar-refractivity contribution in [2.75, 3.05) is 37.6 Å². The van der Waals surface area contributed by atoms with E-state index in [1.54, 1.807) is 17.6 Å². The minimum Gasteiger partial charge on any atom is -0.353 e. The third kappa shape index (κ3) is 5.80. The molecule has 1 aliphatic heterocycles. The Morgan fingerprint density at radius 3 is 2.54 bits per heavy atom. The summed E-state index contributed by atoms with van der Waals surface area (Å²) in [6.07, 6.45) is 4.87. The van der Waals surface area contributed by atoms with Gasteiger partial charge in [-0.05, 0) is 80.4 Å². The molecule has 2 fully saturated rings. The predicted octanol–water partition coefficient (Wildman–Crippen LogP) is 5.47. The number of thiophene rings is 1. The second kappa shape index (κ2) is 11.1. The molecule has 39 heavy (non-hydrogen) atoms. The number of nitro groups is 1. The number of nitrogens with one attached hydrogen (secondary N) is 1. The number of rotatable bonds is 8. The maximum Gasteiger partial charge on any atom is 0.270 e. The number of sulfonamides is 1. The van der Waals surface area contributed by atoms with Crippen molar-refractivity contribution in [1.82, 2.24) is 14.0 Å². The Hall–Kier alpha value is -2.64. The number of fused-ring (bicyclic) bond motifs is 2. The Kier molecular flexibility index (Phi) is 7.56. The molecule has 0 amide bonds. The largest absolute Gasteiger partial charge is 0.353 e. The molecule has 1 saturated carbocycles. The Balaban J connectivity index is 0.961. The molecule has 2 aromatic carbocycles. The van der Waals surface area contributed by atoms with Crippen molar-refractivity contribution in [3.63, 3.8) is 0 Å². The number of nitrogens with zero attached hydrogens (tertiary/aromatic N) is 4. The van der Waals surface area contributed by atoms with Crippen LogP contribution in [0.5, 0.6) is 0 Å². The van der Waals surface area contributed by atoms with Gasteiger partial charge in [-0.3, -0.25) is 15.0 Å². The average molecular weight is 586 g/mol. The molecule has 0 radical (unpaired) electrons. The van der Waals surface area contributed by atoms with Crippen LogP contribution in [0.2, 0.25) is 0 Å². The van der Waals surface area contributed by atoms with Crippen LogP contribution in [-0.2, 0) is 10.0 Å². The Morgan fingerprint density at radius 1 is 1.00 bits per heavy atom. The van der Waals surface area contributed by atoms with E-state index in [0.29, 0.717) is 11.3 Å². The normalized spacial score (nSPS) is 21.1. The van der Waals surface area contributed by atoms with Gasteiger partial charge in [0.15, 0.2) is 0 Å². The molecule has 1 saturated heterocycles. The number of anilines is 1. The molecular weight excluding hydrogens is 555 g/mol. The molecule has 6 rings (SSSR count). The van der Waals surface area contributed by atoms with E-state index in [2.05, 4.69) is 38.8 Å². The fourth-order valence-corrected chi connectivity index (χ4v) is 9.24. The maximum absolute atomic E-state index is 13.0. The summed E-state index contributed by atoms with van der Waals surface area (Å²) in [5, 5.41) is 12.9. The molecular formula is C27H31N5O4S3. The lowest BCUT2D eigenvalue weighted by atomic mass is 9.84. The van der Waals surface area contributed by atoms with Crippen LogP contribution in [0, 0.1) is 16.0 Å². The molecule has 0 spiro atoms. The summed E-state index contributed by atoms with van der Waals surface area (Å²) in [4.78, 5) is 15.5. The molecule has 1 N–H and O–H groups in total. The van der Waals surface area contributed by atoms with Crippen molar-refractivity contribution in [2.24, 2.45) is 5.92 Å². The topological polar surface area (TPSA) is 109 Å². The van der Waals surface area contributed by atoms with Crippen molar-refractivity contribution >= 4 is 64.6 Å². The molecule has 4 aromatic rings. The van der Waals surface area contributed by atoms with Gasteiger partial charge < -0.3 is 4.90 Å². The third-order valence-corrected chi connectivity index (χ3v) is 11.9. The smallest absolute Gasteiger partial charge is 0.270 e. The van der Waals surface area contributed by atoms with Crippen LogP contribution >= 0.6 is 22.9 Å². The summed E-state index contributed by atoms with van der Waals surface area (Å²) < 4.78 is 35.9. The van der Waals surface area contributed by atoms with E-state index in [9.17, 15) is 18.5 Å². The van der Waals surface area contributed by atoms with Gasteiger partial charge in [0.25, 0.3) is 5.69 Å². The Bertz CT molecular complexity index is 1590. The van der Waals surface area contributed by atoms with Gasteiger partial charge in [-0.1, -0.05) is 12.1 Å². The number of benzene rings is 2. The molecule has 3 heterocycles. The van der Waals surface area contributed by atoms with Crippen LogP contribution in [-0.4, -0.2) is 61.4 Å². The van der Waals surface area contributed by atoms with Crippen LogP contribution < -0.4 is 9.62 Å². The van der Waals surface area contributed by atoms with Crippen molar-refractivity contribution in [3.05, 3.63) is 58.6 Å². The molecule has 12 heteroatoms. The van der Waals surface area contributed by atoms with E-state index in [4.69, 9.17) is 4.37 Å². The minimum absolute atomic E-state index is 0.0366. The number of hydrogen-bond donors (Lipinski definition) is 1. The summed E-state index contributed by atoms with van der Waals surface area (Å²) in [6, 6.07) is 14.4. The number of piperazine rings is 1. The van der Waals surface area contributed by atoms with Gasteiger partial charge in [-0.15, -0.1) is 11.3 Å². The molecule has 2 aromatic heterocycles. The summed E-state index contributed by atoms with van der Waals surface area (Å²) in [5.74, 6) is 1.74. The van der Waals surface area contributed by atoms with E-state index < -0.39 is 14.9 Å². The molecule has 2 aliphatic rings. The lowest BCUT2D eigenvalue weighted by molar-refractivity contribution is -0.384. The van der Waals surface area contributed by atoms with Crippen LogP contribution in [0.3, 0.4) is 0 Å². The number of non-ortho nitro benzene ring substituents is 1. The van der Waals surface area contributed by atoms with Gasteiger partial charge in [0.2, 0.25) is 10.0 Å². The molecule has 1 aliphatic carbocycles. The molecule has 9 nitrogen and oxygen atoms in total. The van der Waals surface area contributed by atoms with E-state index in [1.165, 1.54) is 28.3 Å². The summed E-state index contributed by atoms with van der Waals surface area (Å²) in [6.45, 7) is 5.15. The van der Waals surface area contributed by atoms with Crippen LogP contribution in [0.1, 0.15) is 32.1 Å².